The molecule has 0 aromatic carbocycles. The molecule has 4 heterocycles. The average molecular weight is 386 g/mol. The Bertz CT molecular complexity index is 813. The fourth-order valence-electron chi connectivity index (χ4n) is 4.15. The molecule has 2 aliphatic rings. The van der Waals surface area contributed by atoms with Crippen molar-refractivity contribution in [3.05, 3.63) is 30.4 Å². The second-order valence-corrected chi connectivity index (χ2v) is 8.08. The van der Waals surface area contributed by atoms with Crippen molar-refractivity contribution in [2.45, 2.75) is 56.7 Å². The summed E-state index contributed by atoms with van der Waals surface area (Å²) >= 11 is 0. The molecule has 1 amide bonds. The van der Waals surface area contributed by atoms with E-state index in [0.717, 1.165) is 18.4 Å². The Hall–Kier alpha value is -2.32. The molecule has 1 spiro atoms. The highest BCUT2D eigenvalue weighted by Crippen LogP contribution is 2.39. The number of amides is 1. The van der Waals surface area contributed by atoms with E-state index in [4.69, 9.17) is 9.26 Å². The van der Waals surface area contributed by atoms with E-state index in [2.05, 4.69) is 15.1 Å². The van der Waals surface area contributed by atoms with Crippen molar-refractivity contribution >= 4 is 5.91 Å². The Kier molecular flexibility index (Phi) is 5.16. The molecular weight excluding hydrogens is 360 g/mol. The van der Waals surface area contributed by atoms with Crippen LogP contribution < -0.4 is 0 Å². The molecule has 0 saturated carbocycles. The monoisotopic (exact) mass is 386 g/mol. The molecule has 4 rings (SSSR count). The van der Waals surface area contributed by atoms with E-state index in [9.17, 15) is 9.90 Å². The van der Waals surface area contributed by atoms with Gasteiger partial charge in [0.2, 0.25) is 17.6 Å². The fraction of sp³-hybridized carbons (Fsp3) is 0.600. The summed E-state index contributed by atoms with van der Waals surface area (Å²) in [5.74, 6) is 1.05. The number of aliphatic hydroxyl groups is 1. The van der Waals surface area contributed by atoms with Crippen LogP contribution in [0.25, 0.3) is 11.4 Å². The lowest BCUT2D eigenvalue weighted by Gasteiger charge is -2.48. The molecule has 1 unspecified atom stereocenters. The fourth-order valence-corrected chi connectivity index (χ4v) is 4.15. The van der Waals surface area contributed by atoms with Crippen molar-refractivity contribution in [2.75, 3.05) is 19.7 Å². The maximum absolute atomic E-state index is 12.6. The first kappa shape index (κ1) is 19.0. The number of nitrogens with zero attached hydrogens (tertiary/aromatic N) is 4. The van der Waals surface area contributed by atoms with Crippen molar-refractivity contribution in [3.63, 3.8) is 0 Å². The number of carbonyl (C=O) groups is 1. The Morgan fingerprint density at radius 3 is 2.71 bits per heavy atom. The molecule has 8 nitrogen and oxygen atoms in total. The number of aromatic nitrogens is 3. The van der Waals surface area contributed by atoms with E-state index in [1.165, 1.54) is 0 Å². The van der Waals surface area contributed by atoms with E-state index in [1.807, 2.05) is 24.0 Å². The zero-order valence-corrected chi connectivity index (χ0v) is 16.1. The van der Waals surface area contributed by atoms with Gasteiger partial charge in [-0.15, -0.1) is 0 Å². The van der Waals surface area contributed by atoms with Crippen molar-refractivity contribution in [1.82, 2.24) is 20.0 Å². The van der Waals surface area contributed by atoms with E-state index in [-0.39, 0.29) is 11.5 Å². The van der Waals surface area contributed by atoms with Crippen LogP contribution in [0, 0.1) is 0 Å². The summed E-state index contributed by atoms with van der Waals surface area (Å²) < 4.78 is 11.3. The van der Waals surface area contributed by atoms with E-state index >= 15 is 0 Å². The predicted octanol–water partition coefficient (Wildman–Crippen LogP) is 1.99. The van der Waals surface area contributed by atoms with Crippen molar-refractivity contribution in [2.24, 2.45) is 0 Å². The normalized spacial score (nSPS) is 24.4. The largest absolute Gasteiger partial charge is 0.390 e. The smallest absolute Gasteiger partial charge is 0.227 e. The molecule has 28 heavy (non-hydrogen) atoms. The third kappa shape index (κ3) is 4.23. The molecule has 8 heteroatoms. The van der Waals surface area contributed by atoms with Crippen molar-refractivity contribution < 1.29 is 19.2 Å². The molecule has 0 aliphatic carbocycles. The number of pyridine rings is 1. The molecule has 0 radical (unpaired) electrons. The summed E-state index contributed by atoms with van der Waals surface area (Å²) in [5.41, 5.74) is -0.125. The zero-order valence-electron chi connectivity index (χ0n) is 16.1. The molecule has 150 valence electrons. The van der Waals surface area contributed by atoms with Gasteiger partial charge in [-0.1, -0.05) is 5.16 Å². The first-order valence-corrected chi connectivity index (χ1v) is 9.82. The topological polar surface area (TPSA) is 102 Å². The number of ether oxygens (including phenoxy) is 1. The molecule has 2 saturated heterocycles. The standard InChI is InChI=1S/C20H26N4O4/c1-19(26)8-13-27-20(14-19)6-11-24(12-7-20)17(25)3-2-16-22-18(23-28-16)15-4-9-21-10-5-15/h4-5,9-10,26H,2-3,6-8,11-14H2,1H3. The number of rotatable bonds is 4. The number of carbonyl (C=O) groups excluding carboxylic acids is 1. The third-order valence-corrected chi connectivity index (χ3v) is 5.74. The zero-order chi connectivity index (χ0) is 19.6. The summed E-state index contributed by atoms with van der Waals surface area (Å²) in [6.45, 7) is 3.76. The van der Waals surface area contributed by atoms with Gasteiger partial charge in [0.15, 0.2) is 0 Å². The molecule has 2 aromatic rings. The molecule has 0 bridgehead atoms. The first-order valence-electron chi connectivity index (χ1n) is 9.82. The summed E-state index contributed by atoms with van der Waals surface area (Å²) in [4.78, 5) is 22.8. The van der Waals surface area contributed by atoms with Gasteiger partial charge in [-0.2, -0.15) is 4.98 Å². The number of hydrogen-bond donors (Lipinski definition) is 1. The second kappa shape index (κ2) is 7.60. The number of piperidine rings is 1. The van der Waals surface area contributed by atoms with E-state index in [0.29, 0.717) is 57.1 Å². The molecular formula is C20H26N4O4. The summed E-state index contributed by atoms with van der Waals surface area (Å²) in [7, 11) is 0. The van der Waals surface area contributed by atoms with Gasteiger partial charge in [0.05, 0.1) is 17.8 Å². The highest BCUT2D eigenvalue weighted by Gasteiger charge is 2.44. The summed E-state index contributed by atoms with van der Waals surface area (Å²) in [6.07, 6.45) is 6.95. The third-order valence-electron chi connectivity index (χ3n) is 5.74. The van der Waals surface area contributed by atoms with Crippen LogP contribution in [-0.2, 0) is 16.0 Å². The second-order valence-electron chi connectivity index (χ2n) is 8.08. The average Bonchev–Trinajstić information content (AvgIpc) is 3.16. The minimum absolute atomic E-state index is 0.0843. The number of likely N-dealkylation sites (tertiary alicyclic amines) is 1. The van der Waals surface area contributed by atoms with Crippen LogP contribution in [0.5, 0.6) is 0 Å². The predicted molar refractivity (Wildman–Crippen MR) is 100 cm³/mol. The molecule has 1 atom stereocenters. The summed E-state index contributed by atoms with van der Waals surface area (Å²) in [6, 6.07) is 3.63. The van der Waals surface area contributed by atoms with Gasteiger partial charge >= 0.3 is 0 Å². The minimum Gasteiger partial charge on any atom is -0.390 e. The lowest BCUT2D eigenvalue weighted by molar-refractivity contribution is -0.175. The van der Waals surface area contributed by atoms with Crippen molar-refractivity contribution in [1.29, 1.82) is 0 Å². The lowest BCUT2D eigenvalue weighted by Crippen LogP contribution is -2.54. The van der Waals surface area contributed by atoms with Gasteiger partial charge in [0.1, 0.15) is 0 Å². The molecule has 1 N–H and O–H groups in total. The van der Waals surface area contributed by atoms with Crippen LogP contribution in [0.3, 0.4) is 0 Å². The Labute approximate surface area is 163 Å². The van der Waals surface area contributed by atoms with Gasteiger partial charge in [0.25, 0.3) is 0 Å². The van der Waals surface area contributed by atoms with Crippen LogP contribution in [0.2, 0.25) is 0 Å². The van der Waals surface area contributed by atoms with E-state index < -0.39 is 5.60 Å². The van der Waals surface area contributed by atoms with Crippen LogP contribution >= 0.6 is 0 Å². The molecule has 2 fully saturated rings. The van der Waals surface area contributed by atoms with Gasteiger partial charge in [-0.3, -0.25) is 9.78 Å². The highest BCUT2D eigenvalue weighted by atomic mass is 16.5. The van der Waals surface area contributed by atoms with Gasteiger partial charge in [0, 0.05) is 50.3 Å². The number of hydrogen-bond acceptors (Lipinski definition) is 7. The number of aryl methyl sites for hydroxylation is 1. The lowest BCUT2D eigenvalue weighted by atomic mass is 9.78. The Morgan fingerprint density at radius 2 is 2.00 bits per heavy atom. The maximum Gasteiger partial charge on any atom is 0.227 e. The molecule has 2 aliphatic heterocycles. The minimum atomic E-state index is -0.672. The van der Waals surface area contributed by atoms with Crippen LogP contribution in [0.1, 0.15) is 44.9 Å². The van der Waals surface area contributed by atoms with Crippen molar-refractivity contribution in [3.8, 4) is 11.4 Å². The molecule has 2 aromatic heterocycles. The van der Waals surface area contributed by atoms with Crippen LogP contribution in [-0.4, -0.2) is 61.9 Å². The first-order chi connectivity index (χ1) is 13.4. The van der Waals surface area contributed by atoms with E-state index in [1.54, 1.807) is 12.4 Å². The van der Waals surface area contributed by atoms with Gasteiger partial charge in [-0.05, 0) is 38.3 Å². The quantitative estimate of drug-likeness (QED) is 0.857. The summed E-state index contributed by atoms with van der Waals surface area (Å²) in [5, 5.41) is 14.3. The Morgan fingerprint density at radius 1 is 1.25 bits per heavy atom. The van der Waals surface area contributed by atoms with Crippen LogP contribution in [0.4, 0.5) is 0 Å². The SMILES string of the molecule is CC1(O)CCOC2(CCN(C(=O)CCc3nc(-c4ccncc4)no3)CC2)C1. The maximum atomic E-state index is 12.6. The highest BCUT2D eigenvalue weighted by molar-refractivity contribution is 5.76. The van der Waals surface area contributed by atoms with Crippen LogP contribution in [0.15, 0.2) is 29.0 Å². The van der Waals surface area contributed by atoms with Gasteiger partial charge in [-0.25, -0.2) is 0 Å². The Balaban J connectivity index is 1.28. The van der Waals surface area contributed by atoms with Gasteiger partial charge < -0.3 is 19.3 Å².